The molecule has 0 heterocycles. The zero-order chi connectivity index (χ0) is 16.2. The molecule has 8 heteroatoms. The summed E-state index contributed by atoms with van der Waals surface area (Å²) >= 11 is 0. The van der Waals surface area contributed by atoms with Crippen LogP contribution >= 0.6 is 0 Å². The lowest BCUT2D eigenvalue weighted by atomic mass is 10.3. The average Bonchev–Trinajstić information content (AvgIpc) is 2.47. The average molecular weight is 340 g/mol. The van der Waals surface area contributed by atoms with Crippen LogP contribution in [-0.2, 0) is 20.0 Å². The Kier molecular flexibility index (Phi) is 4.72. The first-order chi connectivity index (χ1) is 10.3. The molecule has 0 spiro atoms. The van der Waals surface area contributed by atoms with Gasteiger partial charge >= 0.3 is 0 Å². The predicted molar refractivity (Wildman–Crippen MR) is 87.4 cm³/mol. The Hall–Kier alpha value is -2.06. The number of sulfonamides is 2. The number of hydrogen-bond acceptors (Lipinski definition) is 4. The van der Waals surface area contributed by atoms with Gasteiger partial charge in [0.05, 0.1) is 0 Å². The smallest absolute Gasteiger partial charge is 0.251 e. The van der Waals surface area contributed by atoms with Gasteiger partial charge in [-0.15, -0.1) is 0 Å². The first-order valence-electron chi connectivity index (χ1n) is 6.45. The fourth-order valence-electron chi connectivity index (χ4n) is 1.67. The number of rotatable bonds is 6. The molecular weight excluding hydrogens is 324 g/mol. The van der Waals surface area contributed by atoms with E-state index in [2.05, 4.69) is 9.44 Å². The van der Waals surface area contributed by atoms with Crippen LogP contribution in [0.1, 0.15) is 6.92 Å². The lowest BCUT2D eigenvalue weighted by molar-refractivity contribution is 0.583. The molecule has 2 aromatic carbocycles. The van der Waals surface area contributed by atoms with E-state index in [4.69, 9.17) is 0 Å². The first kappa shape index (κ1) is 16.3. The fraction of sp³-hybridized carbons (Fsp3) is 0.143. The molecule has 0 aliphatic heterocycles. The third-order valence-corrected chi connectivity index (χ3v) is 7.25. The van der Waals surface area contributed by atoms with E-state index in [1.807, 2.05) is 0 Å². The molecule has 2 rings (SSSR count). The molecule has 0 aromatic heterocycles. The summed E-state index contributed by atoms with van der Waals surface area (Å²) in [6.45, 7) is 1.12. The van der Waals surface area contributed by atoms with Crippen molar-refractivity contribution in [2.45, 2.75) is 11.5 Å². The van der Waals surface area contributed by atoms with Crippen molar-refractivity contribution in [3.05, 3.63) is 60.7 Å². The van der Waals surface area contributed by atoms with Crippen molar-refractivity contribution in [2.24, 2.45) is 0 Å². The molecule has 0 radical (unpaired) electrons. The molecule has 0 unspecified atom stereocenters. The molecule has 0 aliphatic carbocycles. The van der Waals surface area contributed by atoms with Crippen LogP contribution in [0, 0.1) is 0 Å². The largest absolute Gasteiger partial charge is 0.282 e. The van der Waals surface area contributed by atoms with Crippen molar-refractivity contribution < 1.29 is 16.8 Å². The summed E-state index contributed by atoms with van der Waals surface area (Å²) in [5, 5.41) is 0. The van der Waals surface area contributed by atoms with Gasteiger partial charge in [-0.05, 0) is 31.2 Å². The van der Waals surface area contributed by atoms with E-state index in [1.54, 1.807) is 60.7 Å². The van der Waals surface area contributed by atoms with Crippen LogP contribution in [-0.4, -0.2) is 21.4 Å². The number of para-hydroxylation sites is 2. The number of anilines is 2. The Labute approximate surface area is 130 Å². The van der Waals surface area contributed by atoms with E-state index in [9.17, 15) is 16.8 Å². The Morgan fingerprint density at radius 2 is 1.00 bits per heavy atom. The molecule has 0 aliphatic rings. The van der Waals surface area contributed by atoms with Crippen LogP contribution in [0.2, 0.25) is 0 Å². The summed E-state index contributed by atoms with van der Waals surface area (Å²) in [4.78, 5) is 0. The third-order valence-electron chi connectivity index (χ3n) is 2.94. The molecule has 0 saturated carbocycles. The van der Waals surface area contributed by atoms with Gasteiger partial charge in [-0.3, -0.25) is 9.44 Å². The lowest BCUT2D eigenvalue weighted by Gasteiger charge is -2.16. The van der Waals surface area contributed by atoms with E-state index in [1.165, 1.54) is 0 Å². The Bertz CT molecular complexity index is 748. The summed E-state index contributed by atoms with van der Waals surface area (Å²) in [7, 11) is -8.18. The minimum Gasteiger partial charge on any atom is -0.282 e. The zero-order valence-electron chi connectivity index (χ0n) is 11.8. The Morgan fingerprint density at radius 3 is 1.32 bits per heavy atom. The van der Waals surface area contributed by atoms with E-state index in [0.29, 0.717) is 11.4 Å². The highest BCUT2D eigenvalue weighted by Gasteiger charge is 2.33. The molecule has 6 nitrogen and oxygen atoms in total. The minimum atomic E-state index is -4.09. The molecule has 22 heavy (non-hydrogen) atoms. The van der Waals surface area contributed by atoms with Gasteiger partial charge < -0.3 is 0 Å². The lowest BCUT2D eigenvalue weighted by Crippen LogP contribution is -2.36. The van der Waals surface area contributed by atoms with E-state index in [0.717, 1.165) is 6.92 Å². The zero-order valence-corrected chi connectivity index (χ0v) is 13.4. The highest BCUT2D eigenvalue weighted by atomic mass is 32.3. The minimum absolute atomic E-state index is 0.310. The quantitative estimate of drug-likeness (QED) is 0.843. The topological polar surface area (TPSA) is 92.3 Å². The van der Waals surface area contributed by atoms with Gasteiger partial charge in [-0.25, -0.2) is 16.8 Å². The highest BCUT2D eigenvalue weighted by Crippen LogP contribution is 2.17. The maximum atomic E-state index is 12.2. The number of hydrogen-bond donors (Lipinski definition) is 2. The Morgan fingerprint density at radius 1 is 0.682 bits per heavy atom. The van der Waals surface area contributed by atoms with Crippen LogP contribution in [0.4, 0.5) is 11.4 Å². The summed E-state index contributed by atoms with van der Waals surface area (Å²) in [6.07, 6.45) is 0. The summed E-state index contributed by atoms with van der Waals surface area (Å²) in [5.74, 6) is 0. The van der Waals surface area contributed by atoms with Crippen molar-refractivity contribution in [3.63, 3.8) is 0 Å². The molecule has 2 aromatic rings. The molecule has 0 amide bonds. The normalized spacial score (nSPS) is 12.1. The molecule has 0 atom stereocenters. The Balaban J connectivity index is 2.20. The second kappa shape index (κ2) is 6.37. The van der Waals surface area contributed by atoms with Crippen molar-refractivity contribution in [3.8, 4) is 0 Å². The van der Waals surface area contributed by atoms with Crippen LogP contribution in [0.3, 0.4) is 0 Å². The standard InChI is InChI=1S/C14H16N2O4S2/c1-12(21(17,18)15-13-8-4-2-5-9-13)22(19,20)16-14-10-6-3-7-11-14/h2-12,15-16H,1H3. The van der Waals surface area contributed by atoms with Gasteiger partial charge in [0.25, 0.3) is 20.0 Å². The molecule has 2 N–H and O–H groups in total. The maximum Gasteiger partial charge on any atom is 0.251 e. The SMILES string of the molecule is CC(S(=O)(=O)Nc1ccccc1)S(=O)(=O)Nc1ccccc1. The molecule has 0 fully saturated rings. The number of nitrogens with one attached hydrogen (secondary N) is 2. The summed E-state index contributed by atoms with van der Waals surface area (Å²) in [6, 6.07) is 16.2. The van der Waals surface area contributed by atoms with Crippen molar-refractivity contribution in [2.75, 3.05) is 9.44 Å². The highest BCUT2D eigenvalue weighted by molar-refractivity contribution is 8.10. The van der Waals surface area contributed by atoms with Gasteiger partial charge in [-0.2, -0.15) is 0 Å². The van der Waals surface area contributed by atoms with Crippen molar-refractivity contribution in [1.82, 2.24) is 0 Å². The summed E-state index contributed by atoms with van der Waals surface area (Å²) < 4.78 is 51.7. The van der Waals surface area contributed by atoms with E-state index < -0.39 is 24.6 Å². The van der Waals surface area contributed by atoms with E-state index in [-0.39, 0.29) is 0 Å². The maximum absolute atomic E-state index is 12.2. The third kappa shape index (κ3) is 3.99. The predicted octanol–water partition coefficient (Wildman–Crippen LogP) is 2.22. The second-order valence-electron chi connectivity index (χ2n) is 4.59. The van der Waals surface area contributed by atoms with Gasteiger partial charge in [-0.1, -0.05) is 36.4 Å². The van der Waals surface area contributed by atoms with Gasteiger partial charge in [0.1, 0.15) is 0 Å². The van der Waals surface area contributed by atoms with Crippen molar-refractivity contribution >= 4 is 31.4 Å². The van der Waals surface area contributed by atoms with Crippen LogP contribution in [0.25, 0.3) is 0 Å². The molecule has 0 saturated heterocycles. The monoisotopic (exact) mass is 340 g/mol. The molecular formula is C14H16N2O4S2. The number of benzene rings is 2. The van der Waals surface area contributed by atoms with Crippen LogP contribution in [0.15, 0.2) is 60.7 Å². The van der Waals surface area contributed by atoms with E-state index >= 15 is 0 Å². The molecule has 118 valence electrons. The van der Waals surface area contributed by atoms with Gasteiger partial charge in [0.15, 0.2) is 4.58 Å². The fourth-order valence-corrected chi connectivity index (χ4v) is 4.56. The van der Waals surface area contributed by atoms with Gasteiger partial charge in [0, 0.05) is 11.4 Å². The first-order valence-corrected chi connectivity index (χ1v) is 9.54. The second-order valence-corrected chi connectivity index (χ2v) is 8.89. The van der Waals surface area contributed by atoms with Gasteiger partial charge in [0.2, 0.25) is 0 Å². The summed E-state index contributed by atoms with van der Waals surface area (Å²) in [5.41, 5.74) is 0.619. The van der Waals surface area contributed by atoms with Crippen LogP contribution in [0.5, 0.6) is 0 Å². The molecule has 0 bridgehead atoms. The van der Waals surface area contributed by atoms with Crippen molar-refractivity contribution in [1.29, 1.82) is 0 Å². The van der Waals surface area contributed by atoms with Crippen LogP contribution < -0.4 is 9.44 Å².